The van der Waals surface area contributed by atoms with Crippen molar-refractivity contribution < 1.29 is 37.4 Å². The Balaban J connectivity index is 2.14. The van der Waals surface area contributed by atoms with Gasteiger partial charge in [-0.15, -0.1) is 13.2 Å². The predicted molar refractivity (Wildman–Crippen MR) is 73.4 cm³/mol. The van der Waals surface area contributed by atoms with Gasteiger partial charge in [0.2, 0.25) is 0 Å². The largest absolute Gasteiger partial charge is 0.573 e. The van der Waals surface area contributed by atoms with Crippen molar-refractivity contribution in [2.45, 2.75) is 6.36 Å². The second-order valence-corrected chi connectivity index (χ2v) is 5.27. The van der Waals surface area contributed by atoms with Gasteiger partial charge in [0, 0.05) is 0 Å². The fraction of sp³-hybridized carbons (Fsp3) is 0.154. The number of carboxylic acid groups (broad SMARTS) is 1. The van der Waals surface area contributed by atoms with Gasteiger partial charge < -0.3 is 9.84 Å². The highest BCUT2D eigenvalue weighted by Crippen LogP contribution is 2.32. The number of thioether (sulfide) groups is 1. The number of carbonyl (C=O) groups excluding carboxylic acids is 2. The maximum Gasteiger partial charge on any atom is 0.573 e. The second kappa shape index (κ2) is 6.32. The molecule has 1 aliphatic heterocycles. The molecular formula is C13H8F3NO5S. The number of aliphatic carboxylic acids is 1. The first-order valence-corrected chi connectivity index (χ1v) is 6.80. The van der Waals surface area contributed by atoms with Crippen molar-refractivity contribution in [3.05, 3.63) is 34.7 Å². The lowest BCUT2D eigenvalue weighted by Gasteiger charge is -2.08. The van der Waals surface area contributed by atoms with Crippen molar-refractivity contribution >= 4 is 35.0 Å². The average Bonchev–Trinajstić information content (AvgIpc) is 2.67. The Bertz CT molecular complexity index is 684. The minimum Gasteiger partial charge on any atom is -0.480 e. The molecule has 0 saturated carbocycles. The summed E-state index contributed by atoms with van der Waals surface area (Å²) in [7, 11) is 0. The van der Waals surface area contributed by atoms with Gasteiger partial charge in [-0.25, -0.2) is 0 Å². The zero-order valence-corrected chi connectivity index (χ0v) is 12.0. The molecule has 2 amide bonds. The number of alkyl halides is 3. The monoisotopic (exact) mass is 347 g/mol. The molecule has 1 aromatic rings. The highest BCUT2D eigenvalue weighted by Gasteiger charge is 2.36. The van der Waals surface area contributed by atoms with Crippen molar-refractivity contribution in [2.75, 3.05) is 6.54 Å². The number of imide groups is 1. The van der Waals surface area contributed by atoms with E-state index in [2.05, 4.69) is 4.74 Å². The third-order valence-corrected chi connectivity index (χ3v) is 3.49. The normalized spacial score (nSPS) is 17.0. The van der Waals surface area contributed by atoms with Crippen molar-refractivity contribution in [2.24, 2.45) is 0 Å². The van der Waals surface area contributed by atoms with Crippen LogP contribution < -0.4 is 4.74 Å². The van der Waals surface area contributed by atoms with Gasteiger partial charge in [-0.2, -0.15) is 0 Å². The zero-order valence-electron chi connectivity index (χ0n) is 11.2. The fourth-order valence-electron chi connectivity index (χ4n) is 1.69. The van der Waals surface area contributed by atoms with E-state index >= 15 is 0 Å². The third-order valence-electron chi connectivity index (χ3n) is 2.58. The molecule has 1 heterocycles. The maximum absolute atomic E-state index is 12.0. The summed E-state index contributed by atoms with van der Waals surface area (Å²) in [6, 6.07) is 4.65. The van der Waals surface area contributed by atoms with E-state index in [0.29, 0.717) is 22.2 Å². The van der Waals surface area contributed by atoms with Gasteiger partial charge in [0.15, 0.2) is 0 Å². The van der Waals surface area contributed by atoms with Gasteiger partial charge in [-0.3, -0.25) is 19.3 Å². The van der Waals surface area contributed by atoms with Crippen molar-refractivity contribution in [1.29, 1.82) is 0 Å². The van der Waals surface area contributed by atoms with Crippen LogP contribution in [0, 0.1) is 0 Å². The van der Waals surface area contributed by atoms with Crippen molar-refractivity contribution in [3.63, 3.8) is 0 Å². The molecule has 23 heavy (non-hydrogen) atoms. The van der Waals surface area contributed by atoms with Crippen LogP contribution in [0.3, 0.4) is 0 Å². The first kappa shape index (κ1) is 16.9. The van der Waals surface area contributed by atoms with Gasteiger partial charge in [-0.1, -0.05) is 12.1 Å². The number of rotatable bonds is 4. The molecular weight excluding hydrogens is 339 g/mol. The van der Waals surface area contributed by atoms with E-state index in [-0.39, 0.29) is 4.91 Å². The van der Waals surface area contributed by atoms with Gasteiger partial charge in [0.05, 0.1) is 4.91 Å². The quantitative estimate of drug-likeness (QED) is 0.843. The van der Waals surface area contributed by atoms with E-state index in [4.69, 9.17) is 5.11 Å². The van der Waals surface area contributed by atoms with Crippen LogP contribution >= 0.6 is 11.8 Å². The summed E-state index contributed by atoms with van der Waals surface area (Å²) in [6.07, 6.45) is -3.52. The summed E-state index contributed by atoms with van der Waals surface area (Å²) in [5, 5.41) is 7.91. The Kier molecular flexibility index (Phi) is 4.64. The van der Waals surface area contributed by atoms with E-state index in [0.717, 1.165) is 12.1 Å². The third kappa shape index (κ3) is 4.49. The number of nitrogens with zero attached hydrogens (tertiary/aromatic N) is 1. The molecule has 0 spiro atoms. The smallest absolute Gasteiger partial charge is 0.480 e. The second-order valence-electron chi connectivity index (χ2n) is 4.28. The highest BCUT2D eigenvalue weighted by molar-refractivity contribution is 8.18. The minimum absolute atomic E-state index is 0.0132. The van der Waals surface area contributed by atoms with Crippen LogP contribution in [-0.4, -0.2) is 40.0 Å². The topological polar surface area (TPSA) is 83.9 Å². The molecule has 0 aromatic heterocycles. The Labute approximate surface area is 131 Å². The fourth-order valence-corrected chi connectivity index (χ4v) is 2.53. The summed E-state index contributed by atoms with van der Waals surface area (Å²) in [4.78, 5) is 34.6. The summed E-state index contributed by atoms with van der Waals surface area (Å²) >= 11 is 0.557. The number of carbonyl (C=O) groups is 3. The molecule has 1 aliphatic rings. The standard InChI is InChI=1S/C13H8F3NO5S/c14-13(15,16)22-8-3-1-7(2-4-8)5-9-11(20)17(6-10(18)19)12(21)23-9/h1-5H,6H2,(H,18,19)/b9-5-. The number of ether oxygens (including phenoxy) is 1. The number of amides is 2. The summed E-state index contributed by atoms with van der Waals surface area (Å²) in [6.45, 7) is -0.750. The van der Waals surface area contributed by atoms with E-state index < -0.39 is 35.8 Å². The lowest BCUT2D eigenvalue weighted by Crippen LogP contribution is -2.33. The first-order chi connectivity index (χ1) is 10.7. The molecule has 1 N–H and O–H groups in total. The molecule has 2 rings (SSSR count). The summed E-state index contributed by atoms with van der Waals surface area (Å²) in [5.74, 6) is -2.52. The molecule has 122 valence electrons. The molecule has 0 aliphatic carbocycles. The van der Waals surface area contributed by atoms with Crippen LogP contribution in [0.4, 0.5) is 18.0 Å². The Morgan fingerprint density at radius 3 is 2.39 bits per heavy atom. The molecule has 0 bridgehead atoms. The van der Waals surface area contributed by atoms with Gasteiger partial charge in [-0.05, 0) is 35.5 Å². The van der Waals surface area contributed by atoms with E-state index in [9.17, 15) is 27.6 Å². The Morgan fingerprint density at radius 1 is 1.26 bits per heavy atom. The molecule has 1 aromatic carbocycles. The summed E-state index contributed by atoms with van der Waals surface area (Å²) in [5.41, 5.74) is 0.361. The van der Waals surface area contributed by atoms with Crippen LogP contribution in [0.15, 0.2) is 29.2 Å². The van der Waals surface area contributed by atoms with Crippen molar-refractivity contribution in [3.8, 4) is 5.75 Å². The average molecular weight is 347 g/mol. The van der Waals surface area contributed by atoms with Crippen molar-refractivity contribution in [1.82, 2.24) is 4.90 Å². The number of hydrogen-bond donors (Lipinski definition) is 1. The Hall–Kier alpha value is -2.49. The lowest BCUT2D eigenvalue weighted by molar-refractivity contribution is -0.274. The molecule has 6 nitrogen and oxygen atoms in total. The summed E-state index contributed by atoms with van der Waals surface area (Å²) < 4.78 is 39.8. The molecule has 1 fully saturated rings. The SMILES string of the molecule is O=C(O)CN1C(=O)S/C(=C\c2ccc(OC(F)(F)F)cc2)C1=O. The van der Waals surface area contributed by atoms with Gasteiger partial charge in [0.25, 0.3) is 11.1 Å². The Morgan fingerprint density at radius 2 is 1.87 bits per heavy atom. The predicted octanol–water partition coefficient (Wildman–Crippen LogP) is 2.71. The van der Waals surface area contributed by atoms with Crippen LogP contribution in [0.5, 0.6) is 5.75 Å². The molecule has 10 heteroatoms. The number of hydrogen-bond acceptors (Lipinski definition) is 5. The van der Waals surface area contributed by atoms with Gasteiger partial charge >= 0.3 is 12.3 Å². The van der Waals surface area contributed by atoms with Crippen LogP contribution in [0.2, 0.25) is 0 Å². The molecule has 0 unspecified atom stereocenters. The number of halogens is 3. The highest BCUT2D eigenvalue weighted by atomic mass is 32.2. The van der Waals surface area contributed by atoms with Crippen LogP contribution in [-0.2, 0) is 9.59 Å². The van der Waals surface area contributed by atoms with Gasteiger partial charge in [0.1, 0.15) is 12.3 Å². The zero-order chi connectivity index (χ0) is 17.2. The van der Waals surface area contributed by atoms with Crippen LogP contribution in [0.1, 0.15) is 5.56 Å². The van der Waals surface area contributed by atoms with E-state index in [1.54, 1.807) is 0 Å². The first-order valence-electron chi connectivity index (χ1n) is 5.99. The lowest BCUT2D eigenvalue weighted by atomic mass is 10.2. The van der Waals surface area contributed by atoms with E-state index in [1.807, 2.05) is 0 Å². The molecule has 0 radical (unpaired) electrons. The number of carboxylic acids is 1. The van der Waals surface area contributed by atoms with E-state index in [1.165, 1.54) is 18.2 Å². The molecule has 0 atom stereocenters. The number of benzene rings is 1. The van der Waals surface area contributed by atoms with Crippen LogP contribution in [0.25, 0.3) is 6.08 Å². The molecule has 1 saturated heterocycles. The minimum atomic E-state index is -4.80. The maximum atomic E-state index is 12.0.